The van der Waals surface area contributed by atoms with Crippen molar-refractivity contribution in [3.05, 3.63) is 35.7 Å². The molecule has 1 amide bonds. The molecule has 7 heteroatoms. The van der Waals surface area contributed by atoms with E-state index in [9.17, 15) is 4.79 Å². The van der Waals surface area contributed by atoms with E-state index in [-0.39, 0.29) is 11.8 Å². The van der Waals surface area contributed by atoms with Gasteiger partial charge in [0.15, 0.2) is 5.16 Å². The van der Waals surface area contributed by atoms with Gasteiger partial charge < -0.3 is 14.6 Å². The molecule has 0 saturated heterocycles. The number of ether oxygens (including phenoxy) is 1. The average Bonchev–Trinajstić information content (AvgIpc) is 2.84. The molecule has 0 aliphatic carbocycles. The molecule has 1 aliphatic heterocycles. The van der Waals surface area contributed by atoms with Crippen molar-refractivity contribution >= 4 is 17.7 Å². The topological polar surface area (TPSA) is 69.0 Å². The van der Waals surface area contributed by atoms with E-state index in [0.717, 1.165) is 47.4 Å². The van der Waals surface area contributed by atoms with Crippen LogP contribution in [0, 0.1) is 12.8 Å². The van der Waals surface area contributed by atoms with Crippen LogP contribution < -0.4 is 10.1 Å². The molecule has 0 radical (unpaired) electrons. The van der Waals surface area contributed by atoms with Gasteiger partial charge in [0.2, 0.25) is 5.91 Å². The maximum atomic E-state index is 12.5. The average molecular weight is 360 g/mol. The van der Waals surface area contributed by atoms with Crippen LogP contribution in [0.25, 0.3) is 0 Å². The minimum absolute atomic E-state index is 0.0322. The van der Waals surface area contributed by atoms with Crippen molar-refractivity contribution in [2.45, 2.75) is 38.4 Å². The van der Waals surface area contributed by atoms with Crippen LogP contribution in [0.15, 0.2) is 29.4 Å². The highest BCUT2D eigenvalue weighted by molar-refractivity contribution is 7.99. The van der Waals surface area contributed by atoms with Crippen LogP contribution >= 0.6 is 11.8 Å². The monoisotopic (exact) mass is 360 g/mol. The van der Waals surface area contributed by atoms with Crippen molar-refractivity contribution in [1.29, 1.82) is 0 Å². The molecule has 0 bridgehead atoms. The molecular formula is C18H24N4O2S. The van der Waals surface area contributed by atoms with Gasteiger partial charge in [-0.3, -0.25) is 4.79 Å². The summed E-state index contributed by atoms with van der Waals surface area (Å²) in [5, 5.41) is 12.2. The second-order valence-electron chi connectivity index (χ2n) is 6.06. The third-order valence-corrected chi connectivity index (χ3v) is 5.35. The number of carbonyl (C=O) groups is 1. The first-order valence-electron chi connectivity index (χ1n) is 8.70. The summed E-state index contributed by atoms with van der Waals surface area (Å²) in [6.07, 6.45) is 1.48. The normalized spacial score (nSPS) is 16.6. The predicted molar refractivity (Wildman–Crippen MR) is 97.9 cm³/mol. The molecule has 3 rings (SSSR count). The molecular weight excluding hydrogens is 336 g/mol. The van der Waals surface area contributed by atoms with Gasteiger partial charge in [-0.05, 0) is 38.3 Å². The molecule has 6 nitrogen and oxygen atoms in total. The standard InChI is InChI=1S/C18H24N4O2S/c1-3-22-13(2)20-21-18(22)25-11-9-19-17(23)15-8-10-24-16-7-5-4-6-14(16)12-15/h4-7,15H,3,8-12H2,1-2H3,(H,19,23). The van der Waals surface area contributed by atoms with E-state index >= 15 is 0 Å². The number of nitrogens with one attached hydrogen (secondary N) is 1. The molecule has 1 unspecified atom stereocenters. The summed E-state index contributed by atoms with van der Waals surface area (Å²) < 4.78 is 7.81. The molecule has 1 aromatic heterocycles. The SMILES string of the molecule is CCn1c(C)nnc1SCCNC(=O)C1CCOc2ccccc2C1. The summed E-state index contributed by atoms with van der Waals surface area (Å²) in [4.78, 5) is 12.5. The number of aromatic nitrogens is 3. The smallest absolute Gasteiger partial charge is 0.223 e. The Morgan fingerprint density at radius 2 is 2.24 bits per heavy atom. The van der Waals surface area contributed by atoms with Gasteiger partial charge in [0.05, 0.1) is 6.61 Å². The van der Waals surface area contributed by atoms with Crippen LogP contribution in [0.3, 0.4) is 0 Å². The van der Waals surface area contributed by atoms with Crippen LogP contribution in [-0.2, 0) is 17.8 Å². The number of amides is 1. The molecule has 1 atom stereocenters. The minimum atomic E-state index is -0.0322. The molecule has 1 N–H and O–H groups in total. The Morgan fingerprint density at radius 3 is 3.08 bits per heavy atom. The van der Waals surface area contributed by atoms with Crippen molar-refractivity contribution in [1.82, 2.24) is 20.1 Å². The van der Waals surface area contributed by atoms with Crippen molar-refractivity contribution in [2.75, 3.05) is 18.9 Å². The quantitative estimate of drug-likeness (QED) is 0.633. The van der Waals surface area contributed by atoms with E-state index in [2.05, 4.69) is 27.0 Å². The van der Waals surface area contributed by atoms with Gasteiger partial charge in [0.1, 0.15) is 11.6 Å². The third-order valence-electron chi connectivity index (χ3n) is 4.38. The first kappa shape index (κ1) is 17.8. The van der Waals surface area contributed by atoms with Crippen LogP contribution in [0.1, 0.15) is 24.7 Å². The molecule has 2 heterocycles. The lowest BCUT2D eigenvalue weighted by molar-refractivity contribution is -0.125. The highest BCUT2D eigenvalue weighted by Gasteiger charge is 2.23. The molecule has 0 fully saturated rings. The van der Waals surface area contributed by atoms with Crippen molar-refractivity contribution in [3.63, 3.8) is 0 Å². The van der Waals surface area contributed by atoms with E-state index in [1.165, 1.54) is 0 Å². The molecule has 0 spiro atoms. The second kappa shape index (κ2) is 8.38. The summed E-state index contributed by atoms with van der Waals surface area (Å²) in [5.74, 6) is 2.68. The van der Waals surface area contributed by atoms with Crippen LogP contribution in [-0.4, -0.2) is 39.6 Å². The number of aryl methyl sites for hydroxylation is 1. The summed E-state index contributed by atoms with van der Waals surface area (Å²) in [6, 6.07) is 7.97. The molecule has 134 valence electrons. The molecule has 1 aliphatic rings. The van der Waals surface area contributed by atoms with E-state index in [1.807, 2.05) is 31.2 Å². The van der Waals surface area contributed by atoms with Gasteiger partial charge in [0.25, 0.3) is 0 Å². The maximum Gasteiger partial charge on any atom is 0.223 e. The van der Waals surface area contributed by atoms with Gasteiger partial charge in [-0.2, -0.15) is 0 Å². The number of nitrogens with zero attached hydrogens (tertiary/aromatic N) is 3. The number of carbonyl (C=O) groups excluding carboxylic acids is 1. The van der Waals surface area contributed by atoms with E-state index < -0.39 is 0 Å². The van der Waals surface area contributed by atoms with Gasteiger partial charge >= 0.3 is 0 Å². The van der Waals surface area contributed by atoms with E-state index in [0.29, 0.717) is 13.2 Å². The number of thioether (sulfide) groups is 1. The number of fused-ring (bicyclic) bond motifs is 1. The van der Waals surface area contributed by atoms with Crippen LogP contribution in [0.2, 0.25) is 0 Å². The number of para-hydroxylation sites is 1. The van der Waals surface area contributed by atoms with E-state index in [4.69, 9.17) is 4.74 Å². The lowest BCUT2D eigenvalue weighted by Crippen LogP contribution is -2.33. The van der Waals surface area contributed by atoms with Crippen molar-refractivity contribution in [3.8, 4) is 5.75 Å². The Balaban J connectivity index is 1.48. The highest BCUT2D eigenvalue weighted by Crippen LogP contribution is 2.26. The van der Waals surface area contributed by atoms with Crippen molar-refractivity contribution in [2.24, 2.45) is 5.92 Å². The minimum Gasteiger partial charge on any atom is -0.493 e. The van der Waals surface area contributed by atoms with Gasteiger partial charge in [-0.1, -0.05) is 30.0 Å². The van der Waals surface area contributed by atoms with Gasteiger partial charge in [-0.25, -0.2) is 0 Å². The fourth-order valence-electron chi connectivity index (χ4n) is 3.01. The Bertz CT molecular complexity index is 732. The number of hydrogen-bond donors (Lipinski definition) is 1. The van der Waals surface area contributed by atoms with E-state index in [1.54, 1.807) is 11.8 Å². The Morgan fingerprint density at radius 1 is 1.40 bits per heavy atom. The van der Waals surface area contributed by atoms with Crippen LogP contribution in [0.5, 0.6) is 5.75 Å². The second-order valence-corrected chi connectivity index (χ2v) is 7.12. The molecule has 1 aromatic carbocycles. The lowest BCUT2D eigenvalue weighted by Gasteiger charge is -2.13. The summed E-state index contributed by atoms with van der Waals surface area (Å²) >= 11 is 1.62. The molecule has 25 heavy (non-hydrogen) atoms. The molecule has 0 saturated carbocycles. The molecule has 2 aromatic rings. The fraction of sp³-hybridized carbons (Fsp3) is 0.500. The third kappa shape index (κ3) is 4.34. The summed E-state index contributed by atoms with van der Waals surface area (Å²) in [7, 11) is 0. The van der Waals surface area contributed by atoms with Crippen molar-refractivity contribution < 1.29 is 9.53 Å². The maximum absolute atomic E-state index is 12.5. The largest absolute Gasteiger partial charge is 0.493 e. The zero-order valence-corrected chi connectivity index (χ0v) is 15.5. The Labute approximate surface area is 152 Å². The van der Waals surface area contributed by atoms with Gasteiger partial charge in [-0.15, -0.1) is 10.2 Å². The number of benzene rings is 1. The summed E-state index contributed by atoms with van der Waals surface area (Å²) in [5.41, 5.74) is 1.11. The fourth-order valence-corrected chi connectivity index (χ4v) is 3.91. The first-order chi connectivity index (χ1) is 12.2. The highest BCUT2D eigenvalue weighted by atomic mass is 32.2. The zero-order valence-electron chi connectivity index (χ0n) is 14.7. The van der Waals surface area contributed by atoms with Gasteiger partial charge in [0, 0.05) is 24.8 Å². The first-order valence-corrected chi connectivity index (χ1v) is 9.68. The van der Waals surface area contributed by atoms with Crippen LogP contribution in [0.4, 0.5) is 0 Å². The number of hydrogen-bond acceptors (Lipinski definition) is 5. The number of rotatable bonds is 6. The lowest BCUT2D eigenvalue weighted by atomic mass is 9.96. The summed E-state index contributed by atoms with van der Waals surface area (Å²) in [6.45, 7) is 6.10. The zero-order chi connectivity index (χ0) is 17.6. The Hall–Kier alpha value is -2.02. The predicted octanol–water partition coefficient (Wildman–Crippen LogP) is 2.46. The Kier molecular flexibility index (Phi) is 5.96.